The molecule has 0 bridgehead atoms. The molecule has 3 aromatic rings. The summed E-state index contributed by atoms with van der Waals surface area (Å²) in [5, 5.41) is 3.07. The standard InChI is InChI=1S/C14H16N6/c1-20-12-5-3-2-4-10(12)18-13(20)11-6-8-16-14(19-11)17-9-7-15/h2-6,8H,7,9,15H2,1H3,(H,16,17,19). The summed E-state index contributed by atoms with van der Waals surface area (Å²) in [7, 11) is 1.99. The average molecular weight is 268 g/mol. The van der Waals surface area contributed by atoms with Crippen molar-refractivity contribution in [1.82, 2.24) is 19.5 Å². The van der Waals surface area contributed by atoms with Crippen molar-refractivity contribution in [2.24, 2.45) is 12.8 Å². The van der Waals surface area contributed by atoms with E-state index in [1.165, 1.54) is 0 Å². The number of imidazole rings is 1. The lowest BCUT2D eigenvalue weighted by molar-refractivity contribution is 0.941. The molecule has 0 spiro atoms. The van der Waals surface area contributed by atoms with Crippen LogP contribution in [-0.2, 0) is 7.05 Å². The SMILES string of the molecule is Cn1c(-c2ccnc(NCCN)n2)nc2ccccc21. The molecule has 2 heterocycles. The highest BCUT2D eigenvalue weighted by molar-refractivity contribution is 5.79. The minimum Gasteiger partial charge on any atom is -0.353 e. The second-order valence-corrected chi connectivity index (χ2v) is 4.46. The van der Waals surface area contributed by atoms with Crippen LogP contribution < -0.4 is 11.1 Å². The zero-order valence-corrected chi connectivity index (χ0v) is 11.2. The fourth-order valence-electron chi connectivity index (χ4n) is 2.13. The average Bonchev–Trinajstić information content (AvgIpc) is 2.83. The molecule has 0 unspecified atom stereocenters. The number of hydrogen-bond acceptors (Lipinski definition) is 5. The topological polar surface area (TPSA) is 81.7 Å². The van der Waals surface area contributed by atoms with Crippen LogP contribution in [0.15, 0.2) is 36.5 Å². The molecule has 2 aromatic heterocycles. The Morgan fingerprint density at radius 2 is 2.05 bits per heavy atom. The summed E-state index contributed by atoms with van der Waals surface area (Å²) in [5.41, 5.74) is 8.30. The van der Waals surface area contributed by atoms with Crippen LogP contribution in [0.3, 0.4) is 0 Å². The van der Waals surface area contributed by atoms with Gasteiger partial charge in [0.1, 0.15) is 5.69 Å². The Morgan fingerprint density at radius 1 is 1.20 bits per heavy atom. The number of aromatic nitrogens is 4. The molecule has 3 N–H and O–H groups in total. The van der Waals surface area contributed by atoms with Crippen LogP contribution in [0.2, 0.25) is 0 Å². The number of benzene rings is 1. The van der Waals surface area contributed by atoms with E-state index >= 15 is 0 Å². The highest BCUT2D eigenvalue weighted by Gasteiger charge is 2.11. The fourth-order valence-corrected chi connectivity index (χ4v) is 2.13. The van der Waals surface area contributed by atoms with Gasteiger partial charge in [0.15, 0.2) is 5.82 Å². The van der Waals surface area contributed by atoms with E-state index in [1.54, 1.807) is 6.20 Å². The Kier molecular flexibility index (Phi) is 3.30. The summed E-state index contributed by atoms with van der Waals surface area (Å²) >= 11 is 0. The van der Waals surface area contributed by atoms with Gasteiger partial charge in [-0.15, -0.1) is 0 Å². The number of nitrogens with zero attached hydrogens (tertiary/aromatic N) is 4. The Balaban J connectivity index is 2.04. The Labute approximate surface area is 116 Å². The van der Waals surface area contributed by atoms with Gasteiger partial charge in [-0.05, 0) is 18.2 Å². The predicted octanol–water partition coefficient (Wildman–Crippen LogP) is 1.40. The number of para-hydroxylation sites is 2. The number of anilines is 1. The smallest absolute Gasteiger partial charge is 0.223 e. The largest absolute Gasteiger partial charge is 0.353 e. The van der Waals surface area contributed by atoms with E-state index in [-0.39, 0.29) is 0 Å². The number of nitrogens with one attached hydrogen (secondary N) is 1. The first kappa shape index (κ1) is 12.6. The maximum Gasteiger partial charge on any atom is 0.223 e. The van der Waals surface area contributed by atoms with E-state index in [1.807, 2.05) is 41.9 Å². The third-order valence-electron chi connectivity index (χ3n) is 3.10. The lowest BCUT2D eigenvalue weighted by atomic mass is 10.3. The van der Waals surface area contributed by atoms with E-state index in [9.17, 15) is 0 Å². The maximum atomic E-state index is 5.47. The molecule has 0 fully saturated rings. The molecule has 0 saturated carbocycles. The highest BCUT2D eigenvalue weighted by Crippen LogP contribution is 2.22. The van der Waals surface area contributed by atoms with Crippen molar-refractivity contribution in [1.29, 1.82) is 0 Å². The molecule has 6 nitrogen and oxygen atoms in total. The van der Waals surface area contributed by atoms with Gasteiger partial charge < -0.3 is 15.6 Å². The molecule has 0 aliphatic heterocycles. The van der Waals surface area contributed by atoms with Gasteiger partial charge in [0.05, 0.1) is 11.0 Å². The Morgan fingerprint density at radius 3 is 2.85 bits per heavy atom. The van der Waals surface area contributed by atoms with Crippen LogP contribution in [-0.4, -0.2) is 32.6 Å². The van der Waals surface area contributed by atoms with Crippen LogP contribution in [0, 0.1) is 0 Å². The first-order valence-electron chi connectivity index (χ1n) is 6.48. The molecule has 102 valence electrons. The van der Waals surface area contributed by atoms with E-state index in [0.717, 1.165) is 22.6 Å². The lowest BCUT2D eigenvalue weighted by Gasteiger charge is -2.05. The summed E-state index contributed by atoms with van der Waals surface area (Å²) < 4.78 is 2.03. The zero-order valence-electron chi connectivity index (χ0n) is 11.2. The minimum atomic E-state index is 0.542. The van der Waals surface area contributed by atoms with Gasteiger partial charge in [-0.2, -0.15) is 0 Å². The lowest BCUT2D eigenvalue weighted by Crippen LogP contribution is -2.15. The second-order valence-electron chi connectivity index (χ2n) is 4.46. The molecule has 0 amide bonds. The van der Waals surface area contributed by atoms with Crippen LogP contribution in [0.4, 0.5) is 5.95 Å². The van der Waals surface area contributed by atoms with Crippen LogP contribution >= 0.6 is 0 Å². The molecule has 3 rings (SSSR count). The summed E-state index contributed by atoms with van der Waals surface area (Å²) in [5.74, 6) is 1.39. The van der Waals surface area contributed by atoms with Crippen molar-refractivity contribution in [3.05, 3.63) is 36.5 Å². The summed E-state index contributed by atoms with van der Waals surface area (Å²) in [6.07, 6.45) is 1.72. The van der Waals surface area contributed by atoms with Gasteiger partial charge in [-0.25, -0.2) is 15.0 Å². The highest BCUT2D eigenvalue weighted by atomic mass is 15.1. The first-order valence-corrected chi connectivity index (χ1v) is 6.48. The van der Waals surface area contributed by atoms with Gasteiger partial charge in [-0.3, -0.25) is 0 Å². The molecule has 20 heavy (non-hydrogen) atoms. The molecule has 0 aliphatic rings. The zero-order chi connectivity index (χ0) is 13.9. The monoisotopic (exact) mass is 268 g/mol. The number of hydrogen-bond donors (Lipinski definition) is 2. The van der Waals surface area contributed by atoms with E-state index in [4.69, 9.17) is 5.73 Å². The van der Waals surface area contributed by atoms with E-state index < -0.39 is 0 Å². The van der Waals surface area contributed by atoms with Crippen molar-refractivity contribution in [2.45, 2.75) is 0 Å². The molecule has 0 atom stereocenters. The van der Waals surface area contributed by atoms with Crippen LogP contribution in [0.5, 0.6) is 0 Å². The van der Waals surface area contributed by atoms with E-state index in [2.05, 4.69) is 20.3 Å². The summed E-state index contributed by atoms with van der Waals surface area (Å²) in [6, 6.07) is 9.87. The first-order chi connectivity index (χ1) is 9.79. The summed E-state index contributed by atoms with van der Waals surface area (Å²) in [4.78, 5) is 13.3. The third kappa shape index (κ3) is 2.21. The van der Waals surface area contributed by atoms with Gasteiger partial charge in [0, 0.05) is 26.3 Å². The molecule has 1 aromatic carbocycles. The summed E-state index contributed by atoms with van der Waals surface area (Å²) in [6.45, 7) is 1.19. The Hall–Kier alpha value is -2.47. The van der Waals surface area contributed by atoms with Crippen molar-refractivity contribution in [2.75, 3.05) is 18.4 Å². The van der Waals surface area contributed by atoms with Crippen LogP contribution in [0.1, 0.15) is 0 Å². The number of rotatable bonds is 4. The minimum absolute atomic E-state index is 0.542. The maximum absolute atomic E-state index is 5.47. The molecule has 0 aliphatic carbocycles. The molecule has 0 saturated heterocycles. The molecular formula is C14H16N6. The molecular weight excluding hydrogens is 252 g/mol. The third-order valence-corrected chi connectivity index (χ3v) is 3.10. The predicted molar refractivity (Wildman–Crippen MR) is 79.3 cm³/mol. The quantitative estimate of drug-likeness (QED) is 0.747. The van der Waals surface area contributed by atoms with Crippen molar-refractivity contribution in [3.8, 4) is 11.5 Å². The van der Waals surface area contributed by atoms with Crippen molar-refractivity contribution < 1.29 is 0 Å². The van der Waals surface area contributed by atoms with E-state index in [0.29, 0.717) is 19.0 Å². The number of aryl methyl sites for hydroxylation is 1. The van der Waals surface area contributed by atoms with Gasteiger partial charge in [-0.1, -0.05) is 12.1 Å². The van der Waals surface area contributed by atoms with Crippen LogP contribution in [0.25, 0.3) is 22.6 Å². The Bertz CT molecular complexity index is 733. The fraction of sp³-hybridized carbons (Fsp3) is 0.214. The number of nitrogens with two attached hydrogens (primary N) is 1. The van der Waals surface area contributed by atoms with Crippen molar-refractivity contribution >= 4 is 17.0 Å². The number of fused-ring (bicyclic) bond motifs is 1. The van der Waals surface area contributed by atoms with Gasteiger partial charge in [0.2, 0.25) is 5.95 Å². The van der Waals surface area contributed by atoms with Gasteiger partial charge >= 0.3 is 0 Å². The molecule has 0 radical (unpaired) electrons. The second kappa shape index (κ2) is 5.26. The van der Waals surface area contributed by atoms with Gasteiger partial charge in [0.25, 0.3) is 0 Å². The molecule has 6 heteroatoms. The van der Waals surface area contributed by atoms with Crippen molar-refractivity contribution in [3.63, 3.8) is 0 Å². The normalized spacial score (nSPS) is 10.9.